The molecule has 0 N–H and O–H groups in total. The molecule has 0 atom stereocenters. The summed E-state index contributed by atoms with van der Waals surface area (Å²) in [5, 5.41) is 2.34. The molecule has 0 aliphatic heterocycles. The number of nitrogens with zero attached hydrogens (tertiary/aromatic N) is 1. The fourth-order valence-corrected chi connectivity index (χ4v) is 3.73. The Bertz CT molecular complexity index is 1200. The quantitative estimate of drug-likeness (QED) is 0.335. The average Bonchev–Trinajstić information content (AvgIpc) is 2.76. The van der Waals surface area contributed by atoms with Crippen molar-refractivity contribution in [1.29, 1.82) is 0 Å². The van der Waals surface area contributed by atoms with Gasteiger partial charge in [-0.2, -0.15) is 0 Å². The molecule has 0 aliphatic carbocycles. The zero-order chi connectivity index (χ0) is 21.1. The summed E-state index contributed by atoms with van der Waals surface area (Å²) in [5.41, 5.74) is 7.08. The van der Waals surface area contributed by atoms with Crippen molar-refractivity contribution >= 4 is 16.8 Å². The molecule has 0 fully saturated rings. The van der Waals surface area contributed by atoms with Crippen LogP contribution < -0.4 is 0 Å². The lowest BCUT2D eigenvalue weighted by atomic mass is 9.84. The molecule has 150 valence electrons. The second-order valence-electron chi connectivity index (χ2n) is 8.55. The lowest BCUT2D eigenvalue weighted by Gasteiger charge is -2.21. The molecule has 3 aromatic carbocycles. The van der Waals surface area contributed by atoms with E-state index in [4.69, 9.17) is 4.74 Å². The summed E-state index contributed by atoms with van der Waals surface area (Å²) in [7, 11) is 1.67. The van der Waals surface area contributed by atoms with E-state index in [0.29, 0.717) is 0 Å². The van der Waals surface area contributed by atoms with Crippen LogP contribution in [0.15, 0.2) is 85.3 Å². The number of aromatic nitrogens is 1. The number of fused-ring (bicyclic) bond motifs is 1. The van der Waals surface area contributed by atoms with Gasteiger partial charge in [-0.1, -0.05) is 81.4 Å². The number of benzene rings is 3. The van der Waals surface area contributed by atoms with Crippen LogP contribution in [0.4, 0.5) is 0 Å². The van der Waals surface area contributed by atoms with Crippen LogP contribution in [0.1, 0.15) is 31.9 Å². The highest BCUT2D eigenvalue weighted by Gasteiger charge is 2.16. The van der Waals surface area contributed by atoms with Crippen molar-refractivity contribution in [2.45, 2.75) is 26.2 Å². The molecule has 0 unspecified atom stereocenters. The van der Waals surface area contributed by atoms with Crippen LogP contribution in [0.2, 0.25) is 0 Å². The van der Waals surface area contributed by atoms with Gasteiger partial charge in [0.2, 0.25) is 0 Å². The van der Waals surface area contributed by atoms with Gasteiger partial charge in [-0.3, -0.25) is 4.98 Å². The fourth-order valence-electron chi connectivity index (χ4n) is 3.73. The average molecular weight is 394 g/mol. The molecule has 1 heterocycles. The van der Waals surface area contributed by atoms with Gasteiger partial charge in [-0.25, -0.2) is 0 Å². The van der Waals surface area contributed by atoms with Crippen LogP contribution in [-0.2, 0) is 10.2 Å². The van der Waals surface area contributed by atoms with E-state index in [0.717, 1.165) is 22.2 Å². The zero-order valence-corrected chi connectivity index (χ0v) is 18.0. The molecule has 4 aromatic rings. The topological polar surface area (TPSA) is 22.1 Å². The van der Waals surface area contributed by atoms with Crippen LogP contribution in [0.25, 0.3) is 39.2 Å². The highest BCUT2D eigenvalue weighted by Crippen LogP contribution is 2.34. The van der Waals surface area contributed by atoms with Crippen molar-refractivity contribution in [3.63, 3.8) is 0 Å². The van der Waals surface area contributed by atoms with Crippen LogP contribution in [0.5, 0.6) is 0 Å². The lowest BCUT2D eigenvalue weighted by Crippen LogP contribution is -2.11. The van der Waals surface area contributed by atoms with Crippen LogP contribution in [0.3, 0.4) is 0 Å². The zero-order valence-electron chi connectivity index (χ0n) is 18.0. The van der Waals surface area contributed by atoms with Crippen molar-refractivity contribution < 1.29 is 4.74 Å². The first-order valence-corrected chi connectivity index (χ1v) is 10.3. The van der Waals surface area contributed by atoms with Gasteiger partial charge in [0.05, 0.1) is 19.1 Å². The Kier molecular flexibility index (Phi) is 5.41. The summed E-state index contributed by atoms with van der Waals surface area (Å²) in [4.78, 5) is 4.66. The standard InChI is InChI=1S/C28H27NO/c1-28(2,3)24-12-10-20(15-17-30-4)26(19-24)22-11-13-25-23(18-22)14-16-29-27(25)21-8-6-5-7-9-21/h5-19H,1-4H3/b17-15+. The third kappa shape index (κ3) is 3.99. The predicted octanol–water partition coefficient (Wildman–Crippen LogP) is 7.48. The summed E-state index contributed by atoms with van der Waals surface area (Å²) in [6.45, 7) is 6.74. The fraction of sp³-hybridized carbons (Fsp3) is 0.179. The van der Waals surface area contributed by atoms with Gasteiger partial charge in [0, 0.05) is 17.1 Å². The Morgan fingerprint density at radius 2 is 1.63 bits per heavy atom. The number of rotatable bonds is 4. The number of hydrogen-bond acceptors (Lipinski definition) is 2. The van der Waals surface area contributed by atoms with Crippen LogP contribution in [-0.4, -0.2) is 12.1 Å². The van der Waals surface area contributed by atoms with E-state index < -0.39 is 0 Å². The van der Waals surface area contributed by atoms with Gasteiger partial charge in [-0.15, -0.1) is 0 Å². The highest BCUT2D eigenvalue weighted by molar-refractivity contribution is 5.97. The smallest absolute Gasteiger partial charge is 0.0830 e. The third-order valence-electron chi connectivity index (χ3n) is 5.43. The van der Waals surface area contributed by atoms with E-state index >= 15 is 0 Å². The Balaban J connectivity index is 1.88. The van der Waals surface area contributed by atoms with Crippen molar-refractivity contribution in [3.8, 4) is 22.4 Å². The van der Waals surface area contributed by atoms with E-state index in [2.05, 4.69) is 92.5 Å². The number of ether oxygens (including phenoxy) is 1. The van der Waals surface area contributed by atoms with Gasteiger partial charge < -0.3 is 4.74 Å². The number of methoxy groups -OCH3 is 1. The number of hydrogen-bond donors (Lipinski definition) is 0. The molecule has 30 heavy (non-hydrogen) atoms. The summed E-state index contributed by atoms with van der Waals surface area (Å²) in [5.74, 6) is 0. The van der Waals surface area contributed by atoms with E-state index in [9.17, 15) is 0 Å². The molecule has 0 amide bonds. The molecule has 4 rings (SSSR count). The van der Waals surface area contributed by atoms with Gasteiger partial charge in [0.25, 0.3) is 0 Å². The van der Waals surface area contributed by atoms with E-state index in [1.165, 1.54) is 22.1 Å². The third-order valence-corrected chi connectivity index (χ3v) is 5.43. The first kappa shape index (κ1) is 19.9. The maximum atomic E-state index is 5.18. The van der Waals surface area contributed by atoms with E-state index in [1.54, 1.807) is 13.4 Å². The van der Waals surface area contributed by atoms with Gasteiger partial charge in [-0.05, 0) is 51.3 Å². The largest absolute Gasteiger partial charge is 0.504 e. The molecule has 2 heteroatoms. The molecule has 0 radical (unpaired) electrons. The van der Waals surface area contributed by atoms with E-state index in [-0.39, 0.29) is 5.41 Å². The molecular formula is C28H27NO. The Labute approximate surface area is 178 Å². The number of pyridine rings is 1. The SMILES string of the molecule is CO/C=C/c1ccc(C(C)(C)C)cc1-c1ccc2c(-c3ccccc3)nccc2c1. The minimum atomic E-state index is 0.0828. The minimum absolute atomic E-state index is 0.0828. The van der Waals surface area contributed by atoms with Crippen molar-refractivity contribution in [2.24, 2.45) is 0 Å². The van der Waals surface area contributed by atoms with Gasteiger partial charge in [0.1, 0.15) is 0 Å². The Morgan fingerprint density at radius 3 is 2.37 bits per heavy atom. The Morgan fingerprint density at radius 1 is 0.833 bits per heavy atom. The van der Waals surface area contributed by atoms with E-state index in [1.807, 2.05) is 18.3 Å². The molecule has 0 saturated heterocycles. The van der Waals surface area contributed by atoms with Crippen molar-refractivity contribution in [2.75, 3.05) is 7.11 Å². The molecule has 2 nitrogen and oxygen atoms in total. The summed E-state index contributed by atoms with van der Waals surface area (Å²) in [6.07, 6.45) is 5.65. The Hall–Kier alpha value is -3.39. The van der Waals surface area contributed by atoms with Crippen molar-refractivity contribution in [1.82, 2.24) is 4.98 Å². The van der Waals surface area contributed by atoms with Crippen LogP contribution in [0, 0.1) is 0 Å². The molecular weight excluding hydrogens is 366 g/mol. The first-order valence-electron chi connectivity index (χ1n) is 10.3. The summed E-state index contributed by atoms with van der Waals surface area (Å²) < 4.78 is 5.18. The summed E-state index contributed by atoms with van der Waals surface area (Å²) in [6, 6.07) is 25.8. The van der Waals surface area contributed by atoms with Gasteiger partial charge >= 0.3 is 0 Å². The predicted molar refractivity (Wildman–Crippen MR) is 127 cm³/mol. The molecule has 1 aromatic heterocycles. The van der Waals surface area contributed by atoms with Gasteiger partial charge in [0.15, 0.2) is 0 Å². The lowest BCUT2D eigenvalue weighted by molar-refractivity contribution is 0.341. The highest BCUT2D eigenvalue weighted by atomic mass is 16.5. The molecule has 0 saturated carbocycles. The molecule has 0 bridgehead atoms. The molecule has 0 spiro atoms. The van der Waals surface area contributed by atoms with Crippen LogP contribution >= 0.6 is 0 Å². The normalized spacial score (nSPS) is 11.9. The molecule has 0 aliphatic rings. The monoisotopic (exact) mass is 393 g/mol. The second-order valence-corrected chi connectivity index (χ2v) is 8.55. The first-order chi connectivity index (χ1) is 14.5. The maximum Gasteiger partial charge on any atom is 0.0830 e. The maximum absolute atomic E-state index is 5.18. The van der Waals surface area contributed by atoms with Crippen molar-refractivity contribution in [3.05, 3.63) is 96.4 Å². The summed E-state index contributed by atoms with van der Waals surface area (Å²) >= 11 is 0. The minimum Gasteiger partial charge on any atom is -0.504 e. The second kappa shape index (κ2) is 8.16.